The largest absolute Gasteiger partial charge is 0.466 e. The summed E-state index contributed by atoms with van der Waals surface area (Å²) in [6.45, 7) is 0.403. The van der Waals surface area contributed by atoms with Crippen LogP contribution in [-0.2, 0) is 28.5 Å². The van der Waals surface area contributed by atoms with Gasteiger partial charge in [0.15, 0.2) is 6.29 Å². The number of hydrogen-bond acceptors (Lipinski definition) is 6. The Labute approximate surface area is 105 Å². The van der Waals surface area contributed by atoms with Crippen molar-refractivity contribution >= 4 is 11.9 Å². The second-order valence-electron chi connectivity index (χ2n) is 3.50. The number of rotatable bonds is 3. The first-order valence-corrected chi connectivity index (χ1v) is 5.35. The lowest BCUT2D eigenvalue weighted by Gasteiger charge is -2.26. The quantitative estimate of drug-likeness (QED) is 0.543. The van der Waals surface area contributed by atoms with Crippen molar-refractivity contribution in [3.63, 3.8) is 0 Å². The van der Waals surface area contributed by atoms with Crippen molar-refractivity contribution < 1.29 is 28.5 Å². The van der Waals surface area contributed by atoms with Gasteiger partial charge in [-0.25, -0.2) is 9.59 Å². The van der Waals surface area contributed by atoms with E-state index < -0.39 is 18.2 Å². The minimum Gasteiger partial charge on any atom is -0.466 e. The minimum absolute atomic E-state index is 0.403. The van der Waals surface area contributed by atoms with E-state index in [1.165, 1.54) is 33.5 Å². The Balaban J connectivity index is 3.05. The van der Waals surface area contributed by atoms with Crippen molar-refractivity contribution in [3.8, 4) is 0 Å². The number of esters is 2. The molecule has 1 unspecified atom stereocenters. The number of carbonyl (C=O) groups excluding carboxylic acids is 2. The van der Waals surface area contributed by atoms with E-state index >= 15 is 0 Å². The molecular weight excluding hydrogens is 240 g/mol. The molecule has 6 heteroatoms. The Kier molecular flexibility index (Phi) is 5.54. The molecule has 18 heavy (non-hydrogen) atoms. The van der Waals surface area contributed by atoms with Gasteiger partial charge >= 0.3 is 11.9 Å². The van der Waals surface area contributed by atoms with Crippen molar-refractivity contribution in [2.24, 2.45) is 0 Å². The number of ether oxygens (including phenoxy) is 4. The van der Waals surface area contributed by atoms with Crippen LogP contribution in [0.2, 0.25) is 0 Å². The summed E-state index contributed by atoms with van der Waals surface area (Å²) in [6, 6.07) is 0. The average Bonchev–Trinajstić information content (AvgIpc) is 2.40. The van der Waals surface area contributed by atoms with Gasteiger partial charge in [0.25, 0.3) is 0 Å². The molecule has 0 aromatic carbocycles. The summed E-state index contributed by atoms with van der Waals surface area (Å²) in [5.41, 5.74) is 1.12. The lowest BCUT2D eigenvalue weighted by atomic mass is 9.99. The molecule has 0 saturated carbocycles. The maximum Gasteiger partial charge on any atom is 0.330 e. The maximum atomic E-state index is 11.3. The lowest BCUT2D eigenvalue weighted by molar-refractivity contribution is -0.137. The summed E-state index contributed by atoms with van der Waals surface area (Å²) in [7, 11) is 4.02. The highest BCUT2D eigenvalue weighted by Gasteiger charge is 2.25. The Bertz CT molecular complexity index is 382. The van der Waals surface area contributed by atoms with Crippen LogP contribution in [0.1, 0.15) is 6.42 Å². The summed E-state index contributed by atoms with van der Waals surface area (Å²) in [4.78, 5) is 22.5. The van der Waals surface area contributed by atoms with E-state index in [0.29, 0.717) is 24.2 Å². The van der Waals surface area contributed by atoms with Gasteiger partial charge in [0, 0.05) is 24.8 Å². The number of methoxy groups -OCH3 is 3. The van der Waals surface area contributed by atoms with E-state index in [4.69, 9.17) is 9.47 Å². The Morgan fingerprint density at radius 2 is 1.78 bits per heavy atom. The van der Waals surface area contributed by atoms with Crippen LogP contribution < -0.4 is 0 Å². The molecule has 1 saturated heterocycles. The van der Waals surface area contributed by atoms with Crippen LogP contribution in [0.25, 0.3) is 0 Å². The molecule has 1 aliphatic rings. The standard InChI is InChI=1S/C12H16O6/c1-15-10(13)6-8-4-5-18-12(17-3)9(8)7-11(14)16-2/h6-7,12H,4-5H2,1-3H3/b8-6+,9-7+. The molecule has 0 bridgehead atoms. The van der Waals surface area contributed by atoms with Gasteiger partial charge in [-0.05, 0) is 12.0 Å². The molecule has 1 heterocycles. The molecule has 0 aromatic heterocycles. The predicted octanol–water partition coefficient (Wildman–Crippen LogP) is 0.578. The SMILES string of the molecule is COC(=O)/C=C1\CCOC(OC)\C1=C\C(=O)OC. The van der Waals surface area contributed by atoms with E-state index in [2.05, 4.69) is 9.47 Å². The molecule has 0 radical (unpaired) electrons. The predicted molar refractivity (Wildman–Crippen MR) is 61.6 cm³/mol. The monoisotopic (exact) mass is 256 g/mol. The molecule has 1 aliphatic heterocycles. The highest BCUT2D eigenvalue weighted by Crippen LogP contribution is 2.26. The molecule has 0 spiro atoms. The number of carbonyl (C=O) groups is 2. The molecule has 1 rings (SSSR count). The third-order valence-electron chi connectivity index (χ3n) is 2.45. The Morgan fingerprint density at radius 1 is 1.17 bits per heavy atom. The van der Waals surface area contributed by atoms with Gasteiger partial charge in [0.1, 0.15) is 0 Å². The van der Waals surface area contributed by atoms with Crippen molar-refractivity contribution in [1.82, 2.24) is 0 Å². The van der Waals surface area contributed by atoms with Crippen LogP contribution in [0.15, 0.2) is 23.3 Å². The van der Waals surface area contributed by atoms with E-state index in [0.717, 1.165) is 0 Å². The third-order valence-corrected chi connectivity index (χ3v) is 2.45. The first kappa shape index (κ1) is 14.4. The van der Waals surface area contributed by atoms with Gasteiger partial charge in [-0.15, -0.1) is 0 Å². The molecule has 1 fully saturated rings. The molecular formula is C12H16O6. The topological polar surface area (TPSA) is 71.1 Å². The molecule has 0 amide bonds. The zero-order valence-corrected chi connectivity index (χ0v) is 10.6. The Morgan fingerprint density at radius 3 is 2.33 bits per heavy atom. The van der Waals surface area contributed by atoms with Gasteiger partial charge in [0.05, 0.1) is 20.8 Å². The van der Waals surface area contributed by atoms with Crippen LogP contribution >= 0.6 is 0 Å². The van der Waals surface area contributed by atoms with Crippen LogP contribution in [0.3, 0.4) is 0 Å². The van der Waals surface area contributed by atoms with Gasteiger partial charge in [-0.1, -0.05) is 0 Å². The minimum atomic E-state index is -0.686. The highest BCUT2D eigenvalue weighted by molar-refractivity contribution is 5.87. The molecule has 1 atom stereocenters. The fourth-order valence-electron chi connectivity index (χ4n) is 1.56. The van der Waals surface area contributed by atoms with E-state index in [9.17, 15) is 9.59 Å². The van der Waals surface area contributed by atoms with Crippen LogP contribution in [-0.4, -0.2) is 46.2 Å². The van der Waals surface area contributed by atoms with Crippen molar-refractivity contribution in [2.45, 2.75) is 12.7 Å². The van der Waals surface area contributed by atoms with Crippen molar-refractivity contribution in [3.05, 3.63) is 23.3 Å². The first-order valence-electron chi connectivity index (χ1n) is 5.35. The highest BCUT2D eigenvalue weighted by atomic mass is 16.7. The fraction of sp³-hybridized carbons (Fsp3) is 0.500. The van der Waals surface area contributed by atoms with Crippen LogP contribution in [0.5, 0.6) is 0 Å². The van der Waals surface area contributed by atoms with Gasteiger partial charge in [-0.2, -0.15) is 0 Å². The van der Waals surface area contributed by atoms with Crippen LogP contribution in [0.4, 0.5) is 0 Å². The summed E-state index contributed by atoms with van der Waals surface area (Å²) < 4.78 is 19.6. The second-order valence-corrected chi connectivity index (χ2v) is 3.50. The zero-order valence-electron chi connectivity index (χ0n) is 10.6. The van der Waals surface area contributed by atoms with Crippen molar-refractivity contribution in [1.29, 1.82) is 0 Å². The smallest absolute Gasteiger partial charge is 0.330 e. The van der Waals surface area contributed by atoms with Gasteiger partial charge < -0.3 is 18.9 Å². The molecule has 0 aromatic rings. The molecule has 100 valence electrons. The van der Waals surface area contributed by atoms with Gasteiger partial charge in [-0.3, -0.25) is 0 Å². The average molecular weight is 256 g/mol. The normalized spacial score (nSPS) is 24.1. The summed E-state index contributed by atoms with van der Waals surface area (Å²) in [6.07, 6.45) is 2.39. The summed E-state index contributed by atoms with van der Waals surface area (Å²) in [5.74, 6) is -1.02. The third kappa shape index (κ3) is 3.68. The Hall–Kier alpha value is -1.66. The number of hydrogen-bond donors (Lipinski definition) is 0. The second kappa shape index (κ2) is 6.93. The van der Waals surface area contributed by atoms with E-state index in [-0.39, 0.29) is 0 Å². The fourth-order valence-corrected chi connectivity index (χ4v) is 1.56. The van der Waals surface area contributed by atoms with Crippen LogP contribution in [0, 0.1) is 0 Å². The maximum absolute atomic E-state index is 11.3. The molecule has 0 aliphatic carbocycles. The van der Waals surface area contributed by atoms with E-state index in [1.54, 1.807) is 0 Å². The molecule has 6 nitrogen and oxygen atoms in total. The first-order chi connectivity index (χ1) is 8.62. The lowest BCUT2D eigenvalue weighted by Crippen LogP contribution is -2.27. The van der Waals surface area contributed by atoms with Gasteiger partial charge in [0.2, 0.25) is 0 Å². The van der Waals surface area contributed by atoms with Crippen molar-refractivity contribution in [2.75, 3.05) is 27.9 Å². The summed E-state index contributed by atoms with van der Waals surface area (Å²) in [5, 5.41) is 0. The summed E-state index contributed by atoms with van der Waals surface area (Å²) >= 11 is 0. The zero-order chi connectivity index (χ0) is 13.5. The van der Waals surface area contributed by atoms with E-state index in [1.807, 2.05) is 0 Å². The molecule has 0 N–H and O–H groups in total.